The second-order valence-corrected chi connectivity index (χ2v) is 9.16. The summed E-state index contributed by atoms with van der Waals surface area (Å²) in [5, 5.41) is 5.82. The van der Waals surface area contributed by atoms with Crippen molar-refractivity contribution in [1.29, 1.82) is 0 Å². The number of amides is 4. The first kappa shape index (κ1) is 21.3. The molecule has 4 amide bonds. The van der Waals surface area contributed by atoms with E-state index < -0.39 is 11.6 Å². The van der Waals surface area contributed by atoms with Crippen LogP contribution in [0.25, 0.3) is 0 Å². The van der Waals surface area contributed by atoms with Gasteiger partial charge in [0.25, 0.3) is 5.91 Å². The van der Waals surface area contributed by atoms with Crippen LogP contribution in [-0.2, 0) is 15.1 Å². The van der Waals surface area contributed by atoms with Crippen LogP contribution in [0.1, 0.15) is 70.9 Å². The van der Waals surface area contributed by atoms with Crippen LogP contribution < -0.4 is 10.6 Å². The van der Waals surface area contributed by atoms with Crippen LogP contribution in [0.15, 0.2) is 24.3 Å². The van der Waals surface area contributed by atoms with Crippen molar-refractivity contribution in [3.8, 4) is 0 Å². The largest absolute Gasteiger partial charge is 0.352 e. The average molecular weight is 400 g/mol. The Balaban J connectivity index is 1.69. The molecule has 1 aromatic rings. The summed E-state index contributed by atoms with van der Waals surface area (Å²) in [6.45, 7) is 10.0. The zero-order chi connectivity index (χ0) is 21.3. The van der Waals surface area contributed by atoms with Gasteiger partial charge in [0.05, 0.1) is 0 Å². The molecule has 0 unspecified atom stereocenters. The molecule has 1 aliphatic carbocycles. The molecule has 6 heteroatoms. The van der Waals surface area contributed by atoms with E-state index in [9.17, 15) is 14.4 Å². The third-order valence-corrected chi connectivity index (χ3v) is 6.78. The zero-order valence-electron chi connectivity index (χ0n) is 18.1. The van der Waals surface area contributed by atoms with Crippen LogP contribution in [0.3, 0.4) is 0 Å². The van der Waals surface area contributed by atoms with Crippen LogP contribution in [0.4, 0.5) is 4.79 Å². The van der Waals surface area contributed by atoms with Gasteiger partial charge in [-0.25, -0.2) is 4.79 Å². The monoisotopic (exact) mass is 399 g/mol. The quantitative estimate of drug-likeness (QED) is 0.744. The van der Waals surface area contributed by atoms with Gasteiger partial charge in [-0.3, -0.25) is 14.5 Å². The number of carbonyl (C=O) groups is 3. The molecule has 1 saturated carbocycles. The van der Waals surface area contributed by atoms with Crippen molar-refractivity contribution in [2.24, 2.45) is 11.8 Å². The number of benzene rings is 1. The lowest BCUT2D eigenvalue weighted by Crippen LogP contribution is -2.48. The van der Waals surface area contributed by atoms with E-state index in [2.05, 4.69) is 38.3 Å². The summed E-state index contributed by atoms with van der Waals surface area (Å²) in [5.41, 5.74) is 0.735. The minimum Gasteiger partial charge on any atom is -0.352 e. The Labute approximate surface area is 173 Å². The Morgan fingerprint density at radius 3 is 2.48 bits per heavy atom. The van der Waals surface area contributed by atoms with E-state index in [1.54, 1.807) is 6.92 Å². The predicted octanol–water partition coefficient (Wildman–Crippen LogP) is 3.52. The third kappa shape index (κ3) is 4.16. The van der Waals surface area contributed by atoms with Gasteiger partial charge in [0.2, 0.25) is 5.91 Å². The summed E-state index contributed by atoms with van der Waals surface area (Å²) in [6.07, 6.45) is 3.20. The van der Waals surface area contributed by atoms with Gasteiger partial charge in [0.15, 0.2) is 0 Å². The van der Waals surface area contributed by atoms with Crippen LogP contribution in [0.2, 0.25) is 0 Å². The molecule has 0 radical (unpaired) electrons. The van der Waals surface area contributed by atoms with Crippen LogP contribution in [-0.4, -0.2) is 35.3 Å². The highest BCUT2D eigenvalue weighted by atomic mass is 16.2. The van der Waals surface area contributed by atoms with Gasteiger partial charge >= 0.3 is 6.03 Å². The molecule has 0 spiro atoms. The number of rotatable bonds is 5. The fraction of sp³-hybridized carbons (Fsp3) is 0.609. The fourth-order valence-corrected chi connectivity index (χ4v) is 4.42. The maximum atomic E-state index is 13.1. The SMILES string of the molecule is CC(C)c1ccc([C@@]2(C)NC(=O)N(CC(=O)N[C@H]3CCC[C@H](C)[C@H]3C)C2=O)cc1. The number of carbonyl (C=O) groups excluding carboxylic acids is 3. The zero-order valence-corrected chi connectivity index (χ0v) is 18.1. The molecule has 4 atom stereocenters. The molecule has 1 aromatic carbocycles. The van der Waals surface area contributed by atoms with Crippen molar-refractivity contribution in [2.45, 2.75) is 71.4 Å². The third-order valence-electron chi connectivity index (χ3n) is 6.78. The van der Waals surface area contributed by atoms with Crippen molar-refractivity contribution in [1.82, 2.24) is 15.5 Å². The fourth-order valence-electron chi connectivity index (χ4n) is 4.42. The van der Waals surface area contributed by atoms with Crippen LogP contribution in [0.5, 0.6) is 0 Å². The summed E-state index contributed by atoms with van der Waals surface area (Å²) >= 11 is 0. The maximum Gasteiger partial charge on any atom is 0.325 e. The molecule has 0 aromatic heterocycles. The molecule has 1 aliphatic heterocycles. The second-order valence-electron chi connectivity index (χ2n) is 9.16. The number of urea groups is 1. The first-order chi connectivity index (χ1) is 13.6. The lowest BCUT2D eigenvalue weighted by molar-refractivity contribution is -0.135. The molecule has 0 bridgehead atoms. The summed E-state index contributed by atoms with van der Waals surface area (Å²) in [4.78, 5) is 39.2. The van der Waals surface area contributed by atoms with E-state index in [-0.39, 0.29) is 24.4 Å². The molecule has 2 N–H and O–H groups in total. The Bertz CT molecular complexity index is 789. The van der Waals surface area contributed by atoms with E-state index in [0.717, 1.165) is 23.3 Å². The maximum absolute atomic E-state index is 13.1. The van der Waals surface area contributed by atoms with Crippen molar-refractivity contribution in [3.63, 3.8) is 0 Å². The molecule has 2 aliphatic rings. The van der Waals surface area contributed by atoms with Gasteiger partial charge in [-0.2, -0.15) is 0 Å². The minimum atomic E-state index is -1.15. The van der Waals surface area contributed by atoms with Gasteiger partial charge in [0.1, 0.15) is 12.1 Å². The minimum absolute atomic E-state index is 0.0991. The van der Waals surface area contributed by atoms with Crippen molar-refractivity contribution < 1.29 is 14.4 Å². The Hall–Kier alpha value is -2.37. The van der Waals surface area contributed by atoms with Crippen molar-refractivity contribution in [3.05, 3.63) is 35.4 Å². The highest BCUT2D eigenvalue weighted by Crippen LogP contribution is 2.31. The summed E-state index contributed by atoms with van der Waals surface area (Å²) < 4.78 is 0. The number of imide groups is 1. The standard InChI is InChI=1S/C23H33N3O3/c1-14(2)17-9-11-18(12-10-17)23(5)21(28)26(22(29)25-23)13-20(27)24-19-8-6-7-15(3)16(19)4/h9-12,14-16,19H,6-8,13H2,1-5H3,(H,24,27)(H,25,29)/t15-,16+,19-,23+/m0/s1. The van der Waals surface area contributed by atoms with E-state index in [1.807, 2.05) is 24.3 Å². The van der Waals surface area contributed by atoms with Crippen LogP contribution in [0, 0.1) is 11.8 Å². The topological polar surface area (TPSA) is 78.5 Å². The molecule has 29 heavy (non-hydrogen) atoms. The van der Waals surface area contributed by atoms with E-state index in [1.165, 1.54) is 12.0 Å². The first-order valence-corrected chi connectivity index (χ1v) is 10.7. The lowest BCUT2D eigenvalue weighted by atomic mass is 9.78. The van der Waals surface area contributed by atoms with E-state index >= 15 is 0 Å². The summed E-state index contributed by atoms with van der Waals surface area (Å²) in [7, 11) is 0. The Morgan fingerprint density at radius 1 is 1.21 bits per heavy atom. The molecule has 1 saturated heterocycles. The van der Waals surface area contributed by atoms with Crippen molar-refractivity contribution >= 4 is 17.8 Å². The molecular weight excluding hydrogens is 366 g/mol. The highest BCUT2D eigenvalue weighted by Gasteiger charge is 2.49. The molecule has 2 fully saturated rings. The highest BCUT2D eigenvalue weighted by molar-refractivity contribution is 6.09. The van der Waals surface area contributed by atoms with Gasteiger partial charge in [-0.1, -0.05) is 64.8 Å². The smallest absolute Gasteiger partial charge is 0.325 e. The predicted molar refractivity (Wildman–Crippen MR) is 112 cm³/mol. The second kappa shape index (κ2) is 8.17. The van der Waals surface area contributed by atoms with Crippen molar-refractivity contribution in [2.75, 3.05) is 6.54 Å². The Morgan fingerprint density at radius 2 is 1.86 bits per heavy atom. The summed E-state index contributed by atoms with van der Waals surface area (Å²) in [5.74, 6) is 0.665. The normalized spacial score (nSPS) is 29.9. The molecule has 3 rings (SSSR count). The number of nitrogens with one attached hydrogen (secondary N) is 2. The average Bonchev–Trinajstić information content (AvgIpc) is 2.89. The van der Waals surface area contributed by atoms with Gasteiger partial charge in [0, 0.05) is 6.04 Å². The van der Waals surface area contributed by atoms with Gasteiger partial charge in [-0.05, 0) is 42.2 Å². The molecular formula is C23H33N3O3. The molecule has 6 nitrogen and oxygen atoms in total. The lowest BCUT2D eigenvalue weighted by Gasteiger charge is -2.34. The summed E-state index contributed by atoms with van der Waals surface area (Å²) in [6, 6.07) is 7.29. The Kier molecular flexibility index (Phi) is 6.01. The van der Waals surface area contributed by atoms with E-state index in [0.29, 0.717) is 17.8 Å². The number of hydrogen-bond acceptors (Lipinski definition) is 3. The molecule has 1 heterocycles. The van der Waals surface area contributed by atoms with Gasteiger partial charge in [-0.15, -0.1) is 0 Å². The van der Waals surface area contributed by atoms with Gasteiger partial charge < -0.3 is 10.6 Å². The van der Waals surface area contributed by atoms with E-state index in [4.69, 9.17) is 0 Å². The molecule has 158 valence electrons. The number of nitrogens with zero attached hydrogens (tertiary/aromatic N) is 1. The number of hydrogen-bond donors (Lipinski definition) is 2. The van der Waals surface area contributed by atoms with Crippen LogP contribution >= 0.6 is 0 Å². The first-order valence-electron chi connectivity index (χ1n) is 10.7.